The van der Waals surface area contributed by atoms with E-state index < -0.39 is 11.4 Å². The molecule has 1 amide bonds. The number of nitrogens with one attached hydrogen (secondary N) is 2. The third-order valence-corrected chi connectivity index (χ3v) is 3.66. The molecular weight excluding hydrogens is 272 g/mol. The Morgan fingerprint density at radius 2 is 1.95 bits per heavy atom. The van der Waals surface area contributed by atoms with Crippen LogP contribution in [-0.2, 0) is 0 Å². The lowest BCUT2D eigenvalue weighted by atomic mass is 9.97. The Kier molecular flexibility index (Phi) is 4.40. The third kappa shape index (κ3) is 2.96. The highest BCUT2D eigenvalue weighted by Crippen LogP contribution is 2.16. The fraction of sp³-hybridized carbons (Fsp3) is 0.333. The van der Waals surface area contributed by atoms with E-state index >= 15 is 0 Å². The highest BCUT2D eigenvalue weighted by molar-refractivity contribution is 6.06. The maximum Gasteiger partial charge on any atom is 0.252 e. The lowest BCUT2D eigenvalue weighted by molar-refractivity contribution is 0.0654. The van der Waals surface area contributed by atoms with Crippen molar-refractivity contribution in [2.45, 2.75) is 18.9 Å². The summed E-state index contributed by atoms with van der Waals surface area (Å²) >= 11 is 0. The fourth-order valence-corrected chi connectivity index (χ4v) is 2.14. The van der Waals surface area contributed by atoms with Gasteiger partial charge in [-0.3, -0.25) is 9.59 Å². The summed E-state index contributed by atoms with van der Waals surface area (Å²) in [6.45, 7) is 0.988. The lowest BCUT2D eigenvalue weighted by Crippen LogP contribution is -2.53. The number of benzene rings is 1. The van der Waals surface area contributed by atoms with Gasteiger partial charge in [0, 0.05) is 17.0 Å². The van der Waals surface area contributed by atoms with Gasteiger partial charge in [-0.05, 0) is 12.5 Å². The number of fused-ring (bicyclic) bond motifs is 1. The van der Waals surface area contributed by atoms with Crippen LogP contribution in [0.5, 0.6) is 0 Å². The van der Waals surface area contributed by atoms with Crippen molar-refractivity contribution < 1.29 is 15.0 Å². The summed E-state index contributed by atoms with van der Waals surface area (Å²) in [5.74, 6) is -0.498. The van der Waals surface area contributed by atoms with Crippen molar-refractivity contribution in [3.05, 3.63) is 46.2 Å². The van der Waals surface area contributed by atoms with Gasteiger partial charge in [0.25, 0.3) is 5.91 Å². The minimum absolute atomic E-state index is 0.217. The Bertz CT molecular complexity index is 696. The van der Waals surface area contributed by atoms with E-state index in [0.717, 1.165) is 0 Å². The average Bonchev–Trinajstić information content (AvgIpc) is 2.51. The largest absolute Gasteiger partial charge is 0.394 e. The van der Waals surface area contributed by atoms with Crippen LogP contribution in [0.2, 0.25) is 0 Å². The number of aliphatic hydroxyl groups excluding tert-OH is 2. The van der Waals surface area contributed by atoms with Gasteiger partial charge in [0.2, 0.25) is 5.56 Å². The second kappa shape index (κ2) is 6.07. The van der Waals surface area contributed by atoms with E-state index in [-0.39, 0.29) is 24.3 Å². The summed E-state index contributed by atoms with van der Waals surface area (Å²) in [6, 6.07) is 8.18. The average molecular weight is 290 g/mol. The van der Waals surface area contributed by atoms with Crippen molar-refractivity contribution in [2.75, 3.05) is 13.2 Å². The van der Waals surface area contributed by atoms with Gasteiger partial charge in [0.15, 0.2) is 0 Å². The minimum Gasteiger partial charge on any atom is -0.394 e. The summed E-state index contributed by atoms with van der Waals surface area (Å²) in [4.78, 5) is 26.7. The molecule has 0 unspecified atom stereocenters. The normalized spacial score (nSPS) is 11.6. The van der Waals surface area contributed by atoms with Crippen LogP contribution in [0.25, 0.3) is 10.9 Å². The Balaban J connectivity index is 2.47. The number of hydrogen-bond donors (Lipinski definition) is 4. The highest BCUT2D eigenvalue weighted by atomic mass is 16.3. The van der Waals surface area contributed by atoms with E-state index in [2.05, 4.69) is 10.3 Å². The first-order valence-electron chi connectivity index (χ1n) is 6.71. The molecule has 0 fully saturated rings. The number of H-pyrrole nitrogens is 1. The predicted molar refractivity (Wildman–Crippen MR) is 79.2 cm³/mol. The molecule has 6 nitrogen and oxygen atoms in total. The van der Waals surface area contributed by atoms with Gasteiger partial charge >= 0.3 is 0 Å². The second-order valence-electron chi connectivity index (χ2n) is 5.00. The Labute approximate surface area is 121 Å². The Morgan fingerprint density at radius 3 is 2.57 bits per heavy atom. The Morgan fingerprint density at radius 1 is 1.29 bits per heavy atom. The number of aliphatic hydroxyl groups is 2. The van der Waals surface area contributed by atoms with Crippen molar-refractivity contribution in [2.24, 2.45) is 0 Å². The first-order chi connectivity index (χ1) is 10.0. The van der Waals surface area contributed by atoms with Crippen LogP contribution >= 0.6 is 0 Å². The molecule has 4 N–H and O–H groups in total. The quantitative estimate of drug-likeness (QED) is 0.639. The van der Waals surface area contributed by atoms with Gasteiger partial charge in [-0.2, -0.15) is 0 Å². The maximum atomic E-state index is 12.4. The Hall–Kier alpha value is -2.18. The molecule has 0 radical (unpaired) electrons. The van der Waals surface area contributed by atoms with Gasteiger partial charge in [-0.15, -0.1) is 0 Å². The van der Waals surface area contributed by atoms with Crippen molar-refractivity contribution in [3.63, 3.8) is 0 Å². The summed E-state index contributed by atoms with van der Waals surface area (Å²) in [6.07, 6.45) is 0.368. The molecule has 0 bridgehead atoms. The number of amides is 1. The van der Waals surface area contributed by atoms with E-state index in [1.165, 1.54) is 6.07 Å². The third-order valence-electron chi connectivity index (χ3n) is 3.66. The molecule has 0 aliphatic rings. The van der Waals surface area contributed by atoms with Crippen molar-refractivity contribution in [1.29, 1.82) is 0 Å². The summed E-state index contributed by atoms with van der Waals surface area (Å²) in [5.41, 5.74) is -0.700. The number of rotatable bonds is 5. The monoisotopic (exact) mass is 290 g/mol. The number of aromatic nitrogens is 1. The summed E-state index contributed by atoms with van der Waals surface area (Å²) in [5, 5.41) is 22.0. The van der Waals surface area contributed by atoms with Crippen LogP contribution in [0.4, 0.5) is 0 Å². The van der Waals surface area contributed by atoms with Crippen LogP contribution in [-0.4, -0.2) is 39.9 Å². The van der Waals surface area contributed by atoms with Crippen LogP contribution in [0, 0.1) is 0 Å². The van der Waals surface area contributed by atoms with E-state index in [1.807, 2.05) is 0 Å². The molecular formula is C15H18N2O4. The van der Waals surface area contributed by atoms with E-state index in [1.54, 1.807) is 31.2 Å². The smallest absolute Gasteiger partial charge is 0.252 e. The van der Waals surface area contributed by atoms with Gasteiger partial charge in [0.05, 0.1) is 24.3 Å². The first-order valence-corrected chi connectivity index (χ1v) is 6.71. The molecule has 0 saturated carbocycles. The second-order valence-corrected chi connectivity index (χ2v) is 5.00. The molecule has 0 aliphatic heterocycles. The van der Waals surface area contributed by atoms with E-state index in [9.17, 15) is 19.8 Å². The zero-order chi connectivity index (χ0) is 15.5. The summed E-state index contributed by atoms with van der Waals surface area (Å²) < 4.78 is 0. The van der Waals surface area contributed by atoms with E-state index in [0.29, 0.717) is 17.3 Å². The van der Waals surface area contributed by atoms with Gasteiger partial charge in [0.1, 0.15) is 0 Å². The highest BCUT2D eigenvalue weighted by Gasteiger charge is 2.29. The molecule has 0 spiro atoms. The lowest BCUT2D eigenvalue weighted by Gasteiger charge is -2.29. The number of carbonyl (C=O) groups excluding carboxylic acids is 1. The molecule has 0 aliphatic carbocycles. The molecule has 2 aromatic rings. The maximum absolute atomic E-state index is 12.4. The molecule has 1 aromatic heterocycles. The van der Waals surface area contributed by atoms with Crippen LogP contribution in [0.15, 0.2) is 35.1 Å². The van der Waals surface area contributed by atoms with Crippen LogP contribution in [0.3, 0.4) is 0 Å². The number of pyridine rings is 1. The molecule has 1 heterocycles. The van der Waals surface area contributed by atoms with E-state index in [4.69, 9.17) is 0 Å². The molecule has 0 saturated heterocycles. The summed E-state index contributed by atoms with van der Waals surface area (Å²) in [7, 11) is 0. The zero-order valence-electron chi connectivity index (χ0n) is 11.7. The topological polar surface area (TPSA) is 102 Å². The number of para-hydroxylation sites is 1. The molecule has 21 heavy (non-hydrogen) atoms. The first kappa shape index (κ1) is 15.2. The van der Waals surface area contributed by atoms with Crippen molar-refractivity contribution >= 4 is 16.8 Å². The van der Waals surface area contributed by atoms with Crippen LogP contribution in [0.1, 0.15) is 23.7 Å². The molecule has 2 rings (SSSR count). The number of hydrogen-bond acceptors (Lipinski definition) is 4. The molecule has 0 atom stereocenters. The SMILES string of the molecule is CCC(CO)(CO)NC(=O)c1cc(=O)[nH]c2ccccc12. The predicted octanol–water partition coefficient (Wildman–Crippen LogP) is 0.391. The molecule has 112 valence electrons. The number of aromatic amines is 1. The van der Waals surface area contributed by atoms with Crippen molar-refractivity contribution in [1.82, 2.24) is 10.3 Å². The van der Waals surface area contributed by atoms with Gasteiger partial charge in [-0.1, -0.05) is 25.1 Å². The fourth-order valence-electron chi connectivity index (χ4n) is 2.14. The van der Waals surface area contributed by atoms with Gasteiger partial charge in [-0.25, -0.2) is 0 Å². The number of carbonyl (C=O) groups is 1. The zero-order valence-corrected chi connectivity index (χ0v) is 11.7. The minimum atomic E-state index is -1.10. The molecule has 1 aromatic carbocycles. The van der Waals surface area contributed by atoms with Gasteiger partial charge < -0.3 is 20.5 Å². The van der Waals surface area contributed by atoms with Crippen LogP contribution < -0.4 is 10.9 Å². The van der Waals surface area contributed by atoms with Crippen molar-refractivity contribution in [3.8, 4) is 0 Å². The standard InChI is InChI=1S/C15H18N2O4/c1-2-15(8-18,9-19)17-14(21)11-7-13(20)16-12-6-4-3-5-10(11)12/h3-7,18-19H,2,8-9H2,1H3,(H,16,20)(H,17,21). The molecule has 6 heteroatoms.